The molecule has 230 valence electrons. The molecule has 0 aliphatic carbocycles. The first-order chi connectivity index (χ1) is 20.6. The standard InChI is InChI=1S/C29H37N7O6S/c1-20(39)19-31-29-27(21(2)24(18-30)28(33-29)32-22-7-5-4-6-8-22)35-34-25-17-23(9-10-26(25)42-3)43(40,41)16-13-36(11-14-37)12-15-38/h4-10,17,20,37-39H,11-16,19H2,1-3H3,(H2,31,32,33)/b35-34+. The number of para-hydroxylation sites is 1. The minimum atomic E-state index is -3.77. The van der Waals surface area contributed by atoms with Gasteiger partial charge >= 0.3 is 0 Å². The van der Waals surface area contributed by atoms with Crippen LogP contribution in [0.3, 0.4) is 0 Å². The van der Waals surface area contributed by atoms with Crippen molar-refractivity contribution in [3.63, 3.8) is 0 Å². The van der Waals surface area contributed by atoms with Crippen molar-refractivity contribution in [3.8, 4) is 11.8 Å². The maximum Gasteiger partial charge on any atom is 0.179 e. The lowest BCUT2D eigenvalue weighted by atomic mass is 10.1. The van der Waals surface area contributed by atoms with E-state index in [9.17, 15) is 29.0 Å². The zero-order valence-corrected chi connectivity index (χ0v) is 25.2. The molecular weight excluding hydrogens is 574 g/mol. The maximum absolute atomic E-state index is 13.1. The molecule has 0 bridgehead atoms. The van der Waals surface area contributed by atoms with E-state index in [1.807, 2.05) is 30.3 Å². The summed E-state index contributed by atoms with van der Waals surface area (Å²) in [5.74, 6) is 0.584. The molecule has 0 spiro atoms. The summed E-state index contributed by atoms with van der Waals surface area (Å²) in [4.78, 5) is 6.23. The van der Waals surface area contributed by atoms with Crippen LogP contribution in [0.4, 0.5) is 28.7 Å². The van der Waals surface area contributed by atoms with Gasteiger partial charge in [-0.1, -0.05) is 18.2 Å². The van der Waals surface area contributed by atoms with Crippen LogP contribution in [0.2, 0.25) is 0 Å². The molecule has 0 amide bonds. The van der Waals surface area contributed by atoms with E-state index in [-0.39, 0.29) is 78.5 Å². The molecule has 1 heterocycles. The highest BCUT2D eigenvalue weighted by Gasteiger charge is 2.21. The number of aliphatic hydroxyl groups excluding tert-OH is 3. The number of aromatic nitrogens is 1. The molecule has 3 rings (SSSR count). The number of hydrogen-bond donors (Lipinski definition) is 5. The minimum Gasteiger partial charge on any atom is -0.494 e. The van der Waals surface area contributed by atoms with E-state index < -0.39 is 15.9 Å². The summed E-state index contributed by atoms with van der Waals surface area (Å²) in [5.41, 5.74) is 1.79. The Labute approximate surface area is 251 Å². The highest BCUT2D eigenvalue weighted by Crippen LogP contribution is 2.38. The second-order valence-electron chi connectivity index (χ2n) is 9.63. The average molecular weight is 612 g/mol. The van der Waals surface area contributed by atoms with Gasteiger partial charge in [0.2, 0.25) is 0 Å². The summed E-state index contributed by atoms with van der Waals surface area (Å²) in [6, 6.07) is 15.6. The normalized spacial score (nSPS) is 12.3. The predicted octanol–water partition coefficient (Wildman–Crippen LogP) is 3.28. The number of aliphatic hydroxyl groups is 3. The van der Waals surface area contributed by atoms with Gasteiger partial charge in [-0.15, -0.1) is 10.2 Å². The number of nitrogens with zero attached hydrogens (tertiary/aromatic N) is 5. The summed E-state index contributed by atoms with van der Waals surface area (Å²) in [6.07, 6.45) is -0.708. The largest absolute Gasteiger partial charge is 0.494 e. The van der Waals surface area contributed by atoms with Crippen LogP contribution in [-0.4, -0.2) is 92.0 Å². The smallest absolute Gasteiger partial charge is 0.179 e. The summed E-state index contributed by atoms with van der Waals surface area (Å²) in [7, 11) is -2.35. The summed E-state index contributed by atoms with van der Waals surface area (Å²) in [5, 5.41) is 53.2. The maximum atomic E-state index is 13.1. The third-order valence-corrected chi connectivity index (χ3v) is 8.10. The molecule has 5 N–H and O–H groups in total. The summed E-state index contributed by atoms with van der Waals surface area (Å²) >= 11 is 0. The first-order valence-corrected chi connectivity index (χ1v) is 15.2. The van der Waals surface area contributed by atoms with E-state index in [0.29, 0.717) is 11.4 Å². The van der Waals surface area contributed by atoms with Gasteiger partial charge in [0.15, 0.2) is 21.5 Å². The van der Waals surface area contributed by atoms with Crippen molar-refractivity contribution in [3.05, 3.63) is 59.7 Å². The minimum absolute atomic E-state index is 0.00220. The topological polar surface area (TPSA) is 193 Å². The Morgan fingerprint density at radius 2 is 1.77 bits per heavy atom. The van der Waals surface area contributed by atoms with Crippen LogP contribution in [-0.2, 0) is 9.84 Å². The Kier molecular flexibility index (Phi) is 12.4. The number of nitriles is 1. The lowest BCUT2D eigenvalue weighted by Crippen LogP contribution is -2.34. The van der Waals surface area contributed by atoms with E-state index in [0.717, 1.165) is 5.69 Å². The predicted molar refractivity (Wildman–Crippen MR) is 163 cm³/mol. The number of anilines is 3. The van der Waals surface area contributed by atoms with Gasteiger partial charge < -0.3 is 30.7 Å². The van der Waals surface area contributed by atoms with Gasteiger partial charge in [0, 0.05) is 37.4 Å². The third kappa shape index (κ3) is 9.18. The summed E-state index contributed by atoms with van der Waals surface area (Å²) in [6.45, 7) is 3.72. The molecule has 14 heteroatoms. The zero-order valence-electron chi connectivity index (χ0n) is 24.4. The molecule has 0 radical (unpaired) electrons. The molecule has 1 unspecified atom stereocenters. The number of methoxy groups -OCH3 is 1. The number of pyridine rings is 1. The number of benzene rings is 2. The first-order valence-electron chi connectivity index (χ1n) is 13.6. The average Bonchev–Trinajstić information content (AvgIpc) is 2.99. The van der Waals surface area contributed by atoms with E-state index in [1.54, 1.807) is 18.7 Å². The molecule has 0 saturated heterocycles. The first kappa shape index (κ1) is 33.4. The number of nitrogens with one attached hydrogen (secondary N) is 2. The van der Waals surface area contributed by atoms with Crippen LogP contribution in [0.25, 0.3) is 0 Å². The van der Waals surface area contributed by atoms with Crippen LogP contribution in [0.1, 0.15) is 18.1 Å². The quantitative estimate of drug-likeness (QED) is 0.149. The van der Waals surface area contributed by atoms with Crippen molar-refractivity contribution in [1.82, 2.24) is 9.88 Å². The molecule has 0 saturated carbocycles. The van der Waals surface area contributed by atoms with Gasteiger partial charge in [0.25, 0.3) is 0 Å². The van der Waals surface area contributed by atoms with E-state index in [2.05, 4.69) is 31.9 Å². The van der Waals surface area contributed by atoms with E-state index in [4.69, 9.17) is 4.74 Å². The molecule has 3 aromatic rings. The van der Waals surface area contributed by atoms with Crippen molar-refractivity contribution in [2.75, 3.05) is 62.9 Å². The number of ether oxygens (including phenoxy) is 1. The Hall–Kier alpha value is -4.13. The van der Waals surface area contributed by atoms with Crippen LogP contribution < -0.4 is 15.4 Å². The van der Waals surface area contributed by atoms with Crippen LogP contribution in [0.15, 0.2) is 63.7 Å². The molecule has 0 fully saturated rings. The Balaban J connectivity index is 2.02. The fourth-order valence-corrected chi connectivity index (χ4v) is 5.40. The van der Waals surface area contributed by atoms with Crippen LogP contribution >= 0.6 is 0 Å². The number of hydrogen-bond acceptors (Lipinski definition) is 13. The van der Waals surface area contributed by atoms with Crippen molar-refractivity contribution in [2.24, 2.45) is 10.2 Å². The molecule has 0 aliphatic heterocycles. The van der Waals surface area contributed by atoms with Gasteiger partial charge in [0.05, 0.1) is 42.6 Å². The van der Waals surface area contributed by atoms with Gasteiger partial charge in [0.1, 0.15) is 23.2 Å². The Morgan fingerprint density at radius 1 is 1.07 bits per heavy atom. The molecule has 1 aromatic heterocycles. The molecule has 2 aromatic carbocycles. The highest BCUT2D eigenvalue weighted by atomic mass is 32.2. The van der Waals surface area contributed by atoms with Crippen LogP contribution in [0, 0.1) is 18.3 Å². The van der Waals surface area contributed by atoms with Crippen molar-refractivity contribution >= 4 is 38.5 Å². The molecule has 1 atom stereocenters. The molecular formula is C29H37N7O6S. The zero-order chi connectivity index (χ0) is 31.4. The SMILES string of the molecule is COc1ccc(S(=O)(=O)CCN(CCO)CCO)cc1/N=N/c1c(NCC(C)O)nc(Nc2ccccc2)c(C#N)c1C. The van der Waals surface area contributed by atoms with Gasteiger partial charge in [-0.3, -0.25) is 4.90 Å². The number of rotatable bonds is 16. The number of azo groups is 1. The van der Waals surface area contributed by atoms with E-state index >= 15 is 0 Å². The van der Waals surface area contributed by atoms with Gasteiger partial charge in [-0.05, 0) is 44.2 Å². The fraction of sp³-hybridized carbons (Fsp3) is 0.379. The molecule has 0 aliphatic rings. The van der Waals surface area contributed by atoms with Crippen molar-refractivity contribution < 1.29 is 28.5 Å². The lowest BCUT2D eigenvalue weighted by Gasteiger charge is -2.20. The van der Waals surface area contributed by atoms with Gasteiger partial charge in [-0.25, -0.2) is 13.4 Å². The van der Waals surface area contributed by atoms with Crippen LogP contribution in [0.5, 0.6) is 5.75 Å². The molecule has 13 nitrogen and oxygen atoms in total. The van der Waals surface area contributed by atoms with Crippen molar-refractivity contribution in [1.29, 1.82) is 5.26 Å². The fourth-order valence-electron chi connectivity index (χ4n) is 4.10. The van der Waals surface area contributed by atoms with E-state index in [1.165, 1.54) is 25.3 Å². The van der Waals surface area contributed by atoms with Gasteiger partial charge in [-0.2, -0.15) is 5.26 Å². The summed E-state index contributed by atoms with van der Waals surface area (Å²) < 4.78 is 31.7. The second kappa shape index (κ2) is 15.9. The monoisotopic (exact) mass is 611 g/mol. The third-order valence-electron chi connectivity index (χ3n) is 6.40. The second-order valence-corrected chi connectivity index (χ2v) is 11.7. The Morgan fingerprint density at radius 3 is 2.37 bits per heavy atom. The Bertz CT molecular complexity index is 1540. The van der Waals surface area contributed by atoms with Crippen molar-refractivity contribution in [2.45, 2.75) is 24.8 Å². The number of sulfone groups is 1. The molecule has 43 heavy (non-hydrogen) atoms. The highest BCUT2D eigenvalue weighted by molar-refractivity contribution is 7.91. The lowest BCUT2D eigenvalue weighted by molar-refractivity contribution is 0.167.